The third kappa shape index (κ3) is 4.82. The highest BCUT2D eigenvalue weighted by molar-refractivity contribution is 14.1. The van der Waals surface area contributed by atoms with Gasteiger partial charge in [0.2, 0.25) is 0 Å². The van der Waals surface area contributed by atoms with Crippen LogP contribution in [-0.4, -0.2) is 29.5 Å². The van der Waals surface area contributed by atoms with Crippen LogP contribution in [0, 0.1) is 9.39 Å². The summed E-state index contributed by atoms with van der Waals surface area (Å²) >= 11 is 2.16. The molecule has 0 aliphatic rings. The van der Waals surface area contributed by atoms with Crippen LogP contribution in [0.15, 0.2) is 47.5 Å². The van der Waals surface area contributed by atoms with E-state index < -0.39 is 0 Å². The highest BCUT2D eigenvalue weighted by Gasteiger charge is 2.18. The van der Waals surface area contributed by atoms with E-state index in [0.29, 0.717) is 25.1 Å². The molecule has 1 N–H and O–H groups in total. The van der Waals surface area contributed by atoms with E-state index in [1.165, 1.54) is 12.5 Å². The lowest BCUT2D eigenvalue weighted by atomic mass is 10.1. The zero-order valence-electron chi connectivity index (χ0n) is 14.5. The number of hydrogen-bond donors (Lipinski definition) is 1. The van der Waals surface area contributed by atoms with Gasteiger partial charge >= 0.3 is 0 Å². The Morgan fingerprint density at radius 3 is 2.93 bits per heavy atom. The molecule has 8 heteroatoms. The smallest absolute Gasteiger partial charge is 0.273 e. The van der Waals surface area contributed by atoms with Crippen LogP contribution in [0.2, 0.25) is 0 Å². The number of aromatic nitrogens is 2. The summed E-state index contributed by atoms with van der Waals surface area (Å²) in [5.74, 6) is 0.471. The summed E-state index contributed by atoms with van der Waals surface area (Å²) in [6, 6.07) is 6.94. The Hall–Kier alpha value is -2.49. The van der Waals surface area contributed by atoms with Crippen LogP contribution >= 0.6 is 22.6 Å². The highest BCUT2D eigenvalue weighted by atomic mass is 127. The lowest BCUT2D eigenvalue weighted by Crippen LogP contribution is -2.25. The Bertz CT molecular complexity index is 945. The molecule has 2 heterocycles. The molecule has 0 aliphatic carbocycles. The minimum Gasteiger partial charge on any atom is -0.496 e. The normalized spacial score (nSPS) is 10.6. The van der Waals surface area contributed by atoms with Gasteiger partial charge in [0.05, 0.1) is 16.9 Å². The number of oxazole rings is 1. The van der Waals surface area contributed by atoms with Gasteiger partial charge in [-0.1, -0.05) is 0 Å². The van der Waals surface area contributed by atoms with Crippen molar-refractivity contribution in [3.05, 3.63) is 63.7 Å². The molecule has 0 saturated carbocycles. The number of hydrogen-bond acceptors (Lipinski definition) is 5. The fourth-order valence-corrected chi connectivity index (χ4v) is 3.33. The first-order valence-corrected chi connectivity index (χ1v) is 9.31. The molecule has 0 fully saturated rings. The zero-order chi connectivity index (χ0) is 19.2. The molecule has 6 nitrogen and oxygen atoms in total. The van der Waals surface area contributed by atoms with Crippen LogP contribution in [0.1, 0.15) is 22.5 Å². The second kappa shape index (κ2) is 8.94. The molecule has 0 saturated heterocycles. The second-order valence-electron chi connectivity index (χ2n) is 5.75. The number of nitrogens with one attached hydrogen (secondary N) is 1. The first-order valence-electron chi connectivity index (χ1n) is 8.23. The molecule has 27 heavy (non-hydrogen) atoms. The molecule has 0 bridgehead atoms. The molecule has 1 amide bonds. The van der Waals surface area contributed by atoms with Gasteiger partial charge in [-0.3, -0.25) is 9.78 Å². The molecule has 0 radical (unpaired) electrons. The fourth-order valence-electron chi connectivity index (χ4n) is 2.59. The van der Waals surface area contributed by atoms with E-state index in [0.717, 1.165) is 26.6 Å². The van der Waals surface area contributed by atoms with E-state index >= 15 is 0 Å². The van der Waals surface area contributed by atoms with E-state index in [1.54, 1.807) is 13.3 Å². The number of rotatable bonds is 7. The van der Waals surface area contributed by atoms with Crippen molar-refractivity contribution >= 4 is 28.5 Å². The van der Waals surface area contributed by atoms with E-state index in [2.05, 4.69) is 37.9 Å². The standard InChI is InChI=1S/C19H17FIN3O3/c1-26-16-5-4-13(8-15(16)21)18-17(24-11-27-18)19(25)23-6-2-3-12-7-14(20)10-22-9-12/h4-5,7-11H,2-3,6H2,1H3,(H,23,25). The average Bonchev–Trinajstić information content (AvgIpc) is 3.15. The first kappa shape index (κ1) is 19.3. The summed E-state index contributed by atoms with van der Waals surface area (Å²) in [5, 5.41) is 2.82. The summed E-state index contributed by atoms with van der Waals surface area (Å²) in [5.41, 5.74) is 1.76. The Labute approximate surface area is 169 Å². The van der Waals surface area contributed by atoms with Gasteiger partial charge in [0.25, 0.3) is 5.91 Å². The topological polar surface area (TPSA) is 77.2 Å². The summed E-state index contributed by atoms with van der Waals surface area (Å²) in [6.07, 6.45) is 5.31. The number of halogens is 2. The number of nitrogens with zero attached hydrogens (tertiary/aromatic N) is 2. The number of carbonyl (C=O) groups is 1. The Morgan fingerprint density at radius 1 is 1.33 bits per heavy atom. The Kier molecular flexibility index (Phi) is 6.38. The monoisotopic (exact) mass is 481 g/mol. The van der Waals surface area contributed by atoms with E-state index in [4.69, 9.17) is 9.15 Å². The van der Waals surface area contributed by atoms with Crippen molar-refractivity contribution in [3.8, 4) is 17.1 Å². The Morgan fingerprint density at radius 2 is 2.19 bits per heavy atom. The highest BCUT2D eigenvalue weighted by Crippen LogP contribution is 2.29. The minimum atomic E-state index is -0.363. The second-order valence-corrected chi connectivity index (χ2v) is 6.91. The van der Waals surface area contributed by atoms with Crippen LogP contribution in [-0.2, 0) is 6.42 Å². The maximum Gasteiger partial charge on any atom is 0.273 e. The molecule has 3 aromatic rings. The maximum atomic E-state index is 13.1. The predicted molar refractivity (Wildman–Crippen MR) is 106 cm³/mol. The van der Waals surface area contributed by atoms with Crippen LogP contribution < -0.4 is 10.1 Å². The van der Waals surface area contributed by atoms with Crippen molar-refractivity contribution in [2.45, 2.75) is 12.8 Å². The third-order valence-corrected chi connectivity index (χ3v) is 4.73. The van der Waals surface area contributed by atoms with Crippen molar-refractivity contribution < 1.29 is 18.3 Å². The maximum absolute atomic E-state index is 13.1. The van der Waals surface area contributed by atoms with Gasteiger partial charge in [0.1, 0.15) is 11.6 Å². The first-order chi connectivity index (χ1) is 13.1. The number of aryl methyl sites for hydroxylation is 1. The van der Waals surface area contributed by atoms with Gasteiger partial charge in [-0.05, 0) is 65.3 Å². The third-order valence-electron chi connectivity index (χ3n) is 3.89. The SMILES string of the molecule is COc1ccc(-c2ocnc2C(=O)NCCCc2cncc(F)c2)cc1I. The number of ether oxygens (including phenoxy) is 1. The molecule has 0 spiro atoms. The summed E-state index contributed by atoms with van der Waals surface area (Å²) in [4.78, 5) is 20.3. The molecule has 1 aromatic carbocycles. The van der Waals surface area contributed by atoms with Gasteiger partial charge in [-0.15, -0.1) is 0 Å². The van der Waals surface area contributed by atoms with Crippen molar-refractivity contribution in [3.63, 3.8) is 0 Å². The zero-order valence-corrected chi connectivity index (χ0v) is 16.7. The van der Waals surface area contributed by atoms with Crippen LogP contribution in [0.4, 0.5) is 4.39 Å². The van der Waals surface area contributed by atoms with Crippen molar-refractivity contribution in [1.29, 1.82) is 0 Å². The fraction of sp³-hybridized carbons (Fsp3) is 0.211. The van der Waals surface area contributed by atoms with Gasteiger partial charge in [0, 0.05) is 18.3 Å². The van der Waals surface area contributed by atoms with Gasteiger partial charge in [0.15, 0.2) is 17.8 Å². The molecule has 0 unspecified atom stereocenters. The average molecular weight is 481 g/mol. The lowest BCUT2D eigenvalue weighted by molar-refractivity contribution is 0.0949. The molecule has 140 valence electrons. The summed E-state index contributed by atoms with van der Waals surface area (Å²) in [7, 11) is 1.60. The van der Waals surface area contributed by atoms with Crippen molar-refractivity contribution in [2.24, 2.45) is 0 Å². The lowest BCUT2D eigenvalue weighted by Gasteiger charge is -2.07. The minimum absolute atomic E-state index is 0.225. The molecule has 2 aromatic heterocycles. The molecule has 0 atom stereocenters. The number of pyridine rings is 1. The molecular formula is C19H17FIN3O3. The number of benzene rings is 1. The predicted octanol–water partition coefficient (Wildman–Crippen LogP) is 3.85. The van der Waals surface area contributed by atoms with Crippen LogP contribution in [0.5, 0.6) is 5.75 Å². The number of carbonyl (C=O) groups excluding carboxylic acids is 1. The summed E-state index contributed by atoms with van der Waals surface area (Å²) < 4.78 is 24.7. The quantitative estimate of drug-likeness (QED) is 0.410. The Balaban J connectivity index is 1.61. The van der Waals surface area contributed by atoms with E-state index in [-0.39, 0.29) is 17.4 Å². The van der Waals surface area contributed by atoms with Crippen molar-refractivity contribution in [1.82, 2.24) is 15.3 Å². The van der Waals surface area contributed by atoms with Crippen molar-refractivity contribution in [2.75, 3.05) is 13.7 Å². The van der Waals surface area contributed by atoms with Crippen LogP contribution in [0.25, 0.3) is 11.3 Å². The van der Waals surface area contributed by atoms with E-state index in [1.807, 2.05) is 18.2 Å². The van der Waals surface area contributed by atoms with Gasteiger partial charge < -0.3 is 14.5 Å². The van der Waals surface area contributed by atoms with E-state index in [9.17, 15) is 9.18 Å². The van der Waals surface area contributed by atoms with Crippen LogP contribution in [0.3, 0.4) is 0 Å². The molecular weight excluding hydrogens is 464 g/mol. The van der Waals surface area contributed by atoms with Gasteiger partial charge in [-0.2, -0.15) is 0 Å². The number of amides is 1. The molecule has 0 aliphatic heterocycles. The number of methoxy groups -OCH3 is 1. The molecule has 3 rings (SSSR count). The largest absolute Gasteiger partial charge is 0.496 e. The summed E-state index contributed by atoms with van der Waals surface area (Å²) in [6.45, 7) is 0.432. The van der Waals surface area contributed by atoms with Gasteiger partial charge in [-0.25, -0.2) is 9.37 Å².